The Kier molecular flexibility index (Phi) is 5.26. The Morgan fingerprint density at radius 2 is 1.85 bits per heavy atom. The van der Waals surface area contributed by atoms with Crippen LogP contribution >= 0.6 is 11.6 Å². The third-order valence-corrected chi connectivity index (χ3v) is 7.36. The molecule has 1 spiro atoms. The van der Waals surface area contributed by atoms with Crippen molar-refractivity contribution in [1.29, 1.82) is 0 Å². The topological polar surface area (TPSA) is 82.6 Å². The molecule has 0 radical (unpaired) electrons. The summed E-state index contributed by atoms with van der Waals surface area (Å²) < 4.78 is 27.2. The number of fused-ring (bicyclic) bond motifs is 4. The zero-order chi connectivity index (χ0) is 23.3. The second-order valence-electron chi connectivity index (χ2n) is 9.18. The molecule has 34 heavy (non-hydrogen) atoms. The van der Waals surface area contributed by atoms with Crippen molar-refractivity contribution in [3.05, 3.63) is 71.0 Å². The lowest BCUT2D eigenvalue weighted by atomic mass is 9.78. The number of rotatable bonds is 2. The molecule has 1 unspecified atom stereocenters. The van der Waals surface area contributed by atoms with Gasteiger partial charge in [-0.25, -0.2) is 9.97 Å². The number of aromatic nitrogens is 2. The molecule has 8 heteroatoms. The van der Waals surface area contributed by atoms with E-state index < -0.39 is 11.5 Å². The molecule has 2 aromatic heterocycles. The van der Waals surface area contributed by atoms with E-state index in [0.717, 1.165) is 24.0 Å². The van der Waals surface area contributed by atoms with Crippen molar-refractivity contribution < 1.29 is 13.9 Å². The van der Waals surface area contributed by atoms with Crippen LogP contribution in [0.3, 0.4) is 0 Å². The summed E-state index contributed by atoms with van der Waals surface area (Å²) in [6.07, 6.45) is 8.61. The molecule has 1 fully saturated rings. The molecule has 2 N–H and O–H groups in total. The fraction of sp³-hybridized carbons (Fsp3) is 0.346. The maximum absolute atomic E-state index is 14.5. The molecule has 1 aromatic carbocycles. The number of ether oxygens (including phenoxy) is 2. The van der Waals surface area contributed by atoms with Crippen molar-refractivity contribution in [1.82, 2.24) is 9.97 Å². The molecule has 1 aliphatic carbocycles. The van der Waals surface area contributed by atoms with E-state index in [0.29, 0.717) is 39.5 Å². The Bertz CT molecular complexity index is 1290. The van der Waals surface area contributed by atoms with E-state index in [2.05, 4.69) is 9.97 Å². The van der Waals surface area contributed by atoms with E-state index in [1.807, 2.05) is 18.2 Å². The van der Waals surface area contributed by atoms with Crippen LogP contribution in [0.1, 0.15) is 43.2 Å². The highest BCUT2D eigenvalue weighted by molar-refractivity contribution is 6.29. The number of nitrogens with zero attached hydrogens (tertiary/aromatic N) is 3. The van der Waals surface area contributed by atoms with E-state index in [-0.39, 0.29) is 12.7 Å². The van der Waals surface area contributed by atoms with Gasteiger partial charge in [0.1, 0.15) is 28.4 Å². The van der Waals surface area contributed by atoms with Crippen LogP contribution in [0.15, 0.2) is 53.8 Å². The van der Waals surface area contributed by atoms with Crippen molar-refractivity contribution in [3.8, 4) is 22.6 Å². The highest BCUT2D eigenvalue weighted by Crippen LogP contribution is 2.52. The third kappa shape index (κ3) is 3.46. The molecule has 2 atom stereocenters. The van der Waals surface area contributed by atoms with Gasteiger partial charge in [0.15, 0.2) is 5.75 Å². The fourth-order valence-electron chi connectivity index (χ4n) is 5.50. The predicted octanol–water partition coefficient (Wildman–Crippen LogP) is 5.62. The maximum Gasteiger partial charge on any atom is 0.220 e. The quantitative estimate of drug-likeness (QED) is 0.483. The molecule has 174 valence electrons. The third-order valence-electron chi connectivity index (χ3n) is 7.16. The summed E-state index contributed by atoms with van der Waals surface area (Å²) in [7, 11) is 0. The average Bonchev–Trinajstić information content (AvgIpc) is 2.86. The van der Waals surface area contributed by atoms with Gasteiger partial charge < -0.3 is 15.2 Å². The van der Waals surface area contributed by atoms with Gasteiger partial charge in [-0.15, -0.1) is 0 Å². The zero-order valence-corrected chi connectivity index (χ0v) is 19.3. The molecular formula is C26H24ClFN4O2. The maximum atomic E-state index is 14.5. The lowest BCUT2D eigenvalue weighted by Crippen LogP contribution is -2.49. The molecule has 0 bridgehead atoms. The number of hydrogen-bond acceptors (Lipinski definition) is 6. The molecule has 3 aliphatic rings. The SMILES string of the molecule is NC1=N[C@@]2(COC1C1CCCCC1)c1cc(-c3cccnc3F)ccc1Oc1cnc(Cl)cc12. The lowest BCUT2D eigenvalue weighted by molar-refractivity contribution is 0.00780. The van der Waals surface area contributed by atoms with Crippen LogP contribution < -0.4 is 10.5 Å². The summed E-state index contributed by atoms with van der Waals surface area (Å²) in [5.41, 5.74) is 8.17. The van der Waals surface area contributed by atoms with Gasteiger partial charge in [0.05, 0.1) is 12.8 Å². The summed E-state index contributed by atoms with van der Waals surface area (Å²) in [5, 5.41) is 0.322. The highest BCUT2D eigenvalue weighted by Gasteiger charge is 2.48. The second-order valence-corrected chi connectivity index (χ2v) is 9.57. The minimum Gasteiger partial charge on any atom is -0.455 e. The zero-order valence-electron chi connectivity index (χ0n) is 18.5. The number of nitrogens with two attached hydrogens (primary N) is 1. The smallest absolute Gasteiger partial charge is 0.220 e. The van der Waals surface area contributed by atoms with Crippen LogP contribution in [0.2, 0.25) is 5.15 Å². The predicted molar refractivity (Wildman–Crippen MR) is 128 cm³/mol. The Balaban J connectivity index is 1.52. The van der Waals surface area contributed by atoms with Crippen molar-refractivity contribution in [2.45, 2.75) is 43.7 Å². The van der Waals surface area contributed by atoms with Crippen LogP contribution in [0.5, 0.6) is 11.5 Å². The number of benzene rings is 1. The van der Waals surface area contributed by atoms with Crippen molar-refractivity contribution >= 4 is 17.4 Å². The molecule has 4 heterocycles. The van der Waals surface area contributed by atoms with Crippen molar-refractivity contribution in [3.63, 3.8) is 0 Å². The van der Waals surface area contributed by atoms with Crippen LogP contribution in [0, 0.1) is 11.9 Å². The van der Waals surface area contributed by atoms with Gasteiger partial charge in [-0.3, -0.25) is 4.99 Å². The van der Waals surface area contributed by atoms with Crippen molar-refractivity contribution in [2.75, 3.05) is 6.61 Å². The largest absolute Gasteiger partial charge is 0.455 e. The molecule has 6 rings (SSSR count). The fourth-order valence-corrected chi connectivity index (χ4v) is 5.66. The van der Waals surface area contributed by atoms with Gasteiger partial charge in [-0.2, -0.15) is 4.39 Å². The second kappa shape index (κ2) is 8.32. The van der Waals surface area contributed by atoms with E-state index in [9.17, 15) is 4.39 Å². The molecule has 6 nitrogen and oxygen atoms in total. The van der Waals surface area contributed by atoms with Crippen LogP contribution in [0.25, 0.3) is 11.1 Å². The van der Waals surface area contributed by atoms with Gasteiger partial charge in [0.25, 0.3) is 0 Å². The lowest BCUT2D eigenvalue weighted by Gasteiger charge is -2.43. The van der Waals surface area contributed by atoms with Crippen LogP contribution in [0.4, 0.5) is 4.39 Å². The van der Waals surface area contributed by atoms with Gasteiger partial charge >= 0.3 is 0 Å². The van der Waals surface area contributed by atoms with E-state index >= 15 is 0 Å². The first kappa shape index (κ1) is 21.5. The Labute approximate surface area is 202 Å². The molecule has 3 aromatic rings. The van der Waals surface area contributed by atoms with E-state index in [4.69, 9.17) is 31.8 Å². The molecule has 2 aliphatic heterocycles. The van der Waals surface area contributed by atoms with Gasteiger partial charge in [-0.1, -0.05) is 36.9 Å². The Morgan fingerprint density at radius 3 is 2.65 bits per heavy atom. The molecule has 1 saturated carbocycles. The van der Waals surface area contributed by atoms with Gasteiger partial charge in [-0.05, 0) is 54.7 Å². The number of aliphatic imine (C=N–C) groups is 1. The monoisotopic (exact) mass is 478 g/mol. The average molecular weight is 479 g/mol. The summed E-state index contributed by atoms with van der Waals surface area (Å²) in [6.45, 7) is 0.275. The first-order valence-electron chi connectivity index (χ1n) is 11.6. The Morgan fingerprint density at radius 1 is 1.03 bits per heavy atom. The van der Waals surface area contributed by atoms with Crippen molar-refractivity contribution in [2.24, 2.45) is 16.6 Å². The van der Waals surface area contributed by atoms with Crippen LogP contribution in [-0.4, -0.2) is 28.5 Å². The molecule has 0 saturated heterocycles. The minimum absolute atomic E-state index is 0.211. The number of pyridine rings is 2. The standard InChI is InChI=1S/C26H24ClFN4O2/c27-22-12-19-21(13-31-22)34-20-9-8-16(17-7-4-10-30-24(17)28)11-18(20)26(19)14-33-23(25(29)32-26)15-5-2-1-3-6-15/h4,7-13,15,23H,1-3,5-6,14H2,(H2,29,32)/t23?,26-/m0/s1. The first-order chi connectivity index (χ1) is 16.5. The van der Waals surface area contributed by atoms with Gasteiger partial charge in [0.2, 0.25) is 5.95 Å². The molecular weight excluding hydrogens is 455 g/mol. The number of halogens is 2. The highest BCUT2D eigenvalue weighted by atomic mass is 35.5. The normalized spacial score (nSPS) is 24.2. The van der Waals surface area contributed by atoms with E-state index in [1.165, 1.54) is 25.5 Å². The number of hydrogen-bond donors (Lipinski definition) is 1. The van der Waals surface area contributed by atoms with Gasteiger partial charge in [0, 0.05) is 22.9 Å². The Hall–Kier alpha value is -3.03. The summed E-state index contributed by atoms with van der Waals surface area (Å²) in [6, 6.07) is 10.7. The first-order valence-corrected chi connectivity index (χ1v) is 12.0. The minimum atomic E-state index is -0.973. The van der Waals surface area contributed by atoms with E-state index in [1.54, 1.807) is 24.4 Å². The molecule has 0 amide bonds. The van der Waals surface area contributed by atoms with Crippen LogP contribution in [-0.2, 0) is 10.3 Å². The number of amidine groups is 1. The summed E-state index contributed by atoms with van der Waals surface area (Å²) in [5.74, 6) is 1.45. The summed E-state index contributed by atoms with van der Waals surface area (Å²) >= 11 is 6.30. The summed E-state index contributed by atoms with van der Waals surface area (Å²) in [4.78, 5) is 13.1.